The van der Waals surface area contributed by atoms with E-state index in [2.05, 4.69) is 4.98 Å². The Morgan fingerprint density at radius 2 is 1.72 bits per heavy atom. The van der Waals surface area contributed by atoms with Gasteiger partial charge in [-0.1, -0.05) is 6.07 Å². The molecule has 5 rings (SSSR count). The van der Waals surface area contributed by atoms with Crippen LogP contribution in [0.4, 0.5) is 8.78 Å². The Kier molecular flexibility index (Phi) is 4.16. The third-order valence-electron chi connectivity index (χ3n) is 5.11. The summed E-state index contributed by atoms with van der Waals surface area (Å²) in [6.45, 7) is 0.976. The van der Waals surface area contributed by atoms with Gasteiger partial charge in [0.15, 0.2) is 11.5 Å². The van der Waals surface area contributed by atoms with Crippen LogP contribution in [0.25, 0.3) is 11.1 Å². The summed E-state index contributed by atoms with van der Waals surface area (Å²) in [5.74, 6) is -0.522. The molecule has 2 aromatic carbocycles. The van der Waals surface area contributed by atoms with E-state index in [9.17, 15) is 13.6 Å². The van der Waals surface area contributed by atoms with E-state index in [-0.39, 0.29) is 24.6 Å². The van der Waals surface area contributed by atoms with Gasteiger partial charge in [0.05, 0.1) is 24.3 Å². The van der Waals surface area contributed by atoms with E-state index in [1.165, 1.54) is 17.0 Å². The van der Waals surface area contributed by atoms with E-state index in [1.54, 1.807) is 36.5 Å². The van der Waals surface area contributed by atoms with Crippen LogP contribution in [-0.2, 0) is 13.1 Å². The number of amides is 1. The molecule has 0 radical (unpaired) electrons. The largest absolute Gasteiger partial charge is 0.486 e. The van der Waals surface area contributed by atoms with Crippen molar-refractivity contribution in [3.8, 4) is 22.6 Å². The van der Waals surface area contributed by atoms with Crippen LogP contribution in [0.5, 0.6) is 11.5 Å². The van der Waals surface area contributed by atoms with Gasteiger partial charge >= 0.3 is 0 Å². The number of halogens is 2. The van der Waals surface area contributed by atoms with Gasteiger partial charge in [-0.15, -0.1) is 0 Å². The van der Waals surface area contributed by atoms with Crippen molar-refractivity contribution in [1.29, 1.82) is 0 Å². The molecule has 1 aromatic heterocycles. The van der Waals surface area contributed by atoms with Crippen LogP contribution < -0.4 is 9.47 Å². The van der Waals surface area contributed by atoms with Gasteiger partial charge in [-0.25, -0.2) is 8.78 Å². The lowest BCUT2D eigenvalue weighted by atomic mass is 10.0. The molecule has 146 valence electrons. The molecular weight excluding hydrogens is 378 g/mol. The van der Waals surface area contributed by atoms with Gasteiger partial charge in [-0.2, -0.15) is 0 Å². The molecule has 29 heavy (non-hydrogen) atoms. The maximum absolute atomic E-state index is 14.8. The zero-order valence-corrected chi connectivity index (χ0v) is 15.3. The van der Waals surface area contributed by atoms with Gasteiger partial charge in [0.1, 0.15) is 24.8 Å². The van der Waals surface area contributed by atoms with Crippen molar-refractivity contribution in [2.75, 3.05) is 13.2 Å². The second-order valence-corrected chi connectivity index (χ2v) is 6.94. The normalized spacial score (nSPS) is 14.8. The molecule has 0 atom stereocenters. The van der Waals surface area contributed by atoms with Crippen LogP contribution >= 0.6 is 0 Å². The molecule has 0 saturated carbocycles. The summed E-state index contributed by atoms with van der Waals surface area (Å²) in [7, 11) is 0. The molecule has 7 heteroatoms. The highest BCUT2D eigenvalue weighted by Gasteiger charge is 2.29. The van der Waals surface area contributed by atoms with Crippen molar-refractivity contribution in [3.63, 3.8) is 0 Å². The monoisotopic (exact) mass is 394 g/mol. The molecule has 5 nitrogen and oxygen atoms in total. The summed E-state index contributed by atoms with van der Waals surface area (Å²) in [4.78, 5) is 18.0. The fourth-order valence-electron chi connectivity index (χ4n) is 3.64. The van der Waals surface area contributed by atoms with Gasteiger partial charge in [0, 0.05) is 11.8 Å². The molecule has 0 unspecified atom stereocenters. The first-order valence-corrected chi connectivity index (χ1v) is 9.21. The number of carbonyl (C=O) groups is 1. The zero-order valence-electron chi connectivity index (χ0n) is 15.3. The quantitative estimate of drug-likeness (QED) is 0.675. The average molecular weight is 394 g/mol. The van der Waals surface area contributed by atoms with E-state index < -0.39 is 11.6 Å². The Morgan fingerprint density at radius 1 is 0.966 bits per heavy atom. The van der Waals surface area contributed by atoms with Gasteiger partial charge in [-0.05, 0) is 47.5 Å². The Labute approximate surface area is 165 Å². The number of ether oxygens (including phenoxy) is 2. The van der Waals surface area contributed by atoms with E-state index in [0.717, 1.165) is 0 Å². The second-order valence-electron chi connectivity index (χ2n) is 6.94. The summed E-state index contributed by atoms with van der Waals surface area (Å²) in [6, 6.07) is 11.0. The van der Waals surface area contributed by atoms with Crippen LogP contribution in [0.3, 0.4) is 0 Å². The topological polar surface area (TPSA) is 51.7 Å². The first-order valence-electron chi connectivity index (χ1n) is 9.21. The maximum Gasteiger partial charge on any atom is 0.256 e. The number of hydrogen-bond acceptors (Lipinski definition) is 4. The Hall–Kier alpha value is -3.48. The molecule has 2 aliphatic heterocycles. The highest BCUT2D eigenvalue weighted by atomic mass is 19.1. The highest BCUT2D eigenvalue weighted by Crippen LogP contribution is 2.35. The standard InChI is InChI=1S/C22H16F2N2O3/c23-17-8-14(13-3-4-20-21(10-13)29-7-6-28-20)9-18(24)16(17)11-26-12-19-15(22(26)27)2-1-5-25-19/h1-5,8-10H,6-7,11-12H2. The first-order chi connectivity index (χ1) is 14.1. The Balaban J connectivity index is 1.43. The second kappa shape index (κ2) is 6.84. The summed E-state index contributed by atoms with van der Waals surface area (Å²) >= 11 is 0. The van der Waals surface area contributed by atoms with Gasteiger partial charge in [0.2, 0.25) is 0 Å². The number of aromatic nitrogens is 1. The van der Waals surface area contributed by atoms with Crippen LogP contribution in [0, 0.1) is 11.6 Å². The van der Waals surface area contributed by atoms with Crippen LogP contribution in [-0.4, -0.2) is 29.0 Å². The van der Waals surface area contributed by atoms with Gasteiger partial charge in [-0.3, -0.25) is 9.78 Å². The third kappa shape index (κ3) is 3.08. The molecule has 0 saturated heterocycles. The van der Waals surface area contributed by atoms with Crippen LogP contribution in [0.15, 0.2) is 48.7 Å². The van der Waals surface area contributed by atoms with Gasteiger partial charge < -0.3 is 14.4 Å². The maximum atomic E-state index is 14.8. The number of carbonyl (C=O) groups excluding carboxylic acids is 1. The Morgan fingerprint density at radius 3 is 2.48 bits per heavy atom. The molecule has 0 fully saturated rings. The fraction of sp³-hybridized carbons (Fsp3) is 0.182. The number of benzene rings is 2. The predicted molar refractivity (Wildman–Crippen MR) is 101 cm³/mol. The summed E-state index contributed by atoms with van der Waals surface area (Å²) < 4.78 is 40.6. The Bertz CT molecular complexity index is 1110. The highest BCUT2D eigenvalue weighted by molar-refractivity contribution is 5.97. The predicted octanol–water partition coefficient (Wildman–Crippen LogP) is 3.95. The lowest BCUT2D eigenvalue weighted by molar-refractivity contribution is 0.0763. The summed E-state index contributed by atoms with van der Waals surface area (Å²) in [5.41, 5.74) is 1.95. The molecule has 0 spiro atoms. The molecule has 3 heterocycles. The minimum absolute atomic E-state index is 0.146. The van der Waals surface area contributed by atoms with E-state index in [0.29, 0.717) is 47.1 Å². The summed E-state index contributed by atoms with van der Waals surface area (Å²) in [5, 5.41) is 0. The SMILES string of the molecule is O=C1c2cccnc2CN1Cc1c(F)cc(-c2ccc3c(c2)OCCO3)cc1F. The molecule has 3 aromatic rings. The van der Waals surface area contributed by atoms with E-state index in [1.807, 2.05) is 0 Å². The van der Waals surface area contributed by atoms with Crippen molar-refractivity contribution < 1.29 is 23.0 Å². The number of pyridine rings is 1. The lowest BCUT2D eigenvalue weighted by Gasteiger charge is -2.19. The average Bonchev–Trinajstić information content (AvgIpc) is 3.06. The summed E-state index contributed by atoms with van der Waals surface area (Å²) in [6.07, 6.45) is 1.60. The van der Waals surface area contributed by atoms with Gasteiger partial charge in [0.25, 0.3) is 5.91 Å². The smallest absolute Gasteiger partial charge is 0.256 e. The molecule has 0 N–H and O–H groups in total. The third-order valence-corrected chi connectivity index (χ3v) is 5.11. The van der Waals surface area contributed by atoms with E-state index >= 15 is 0 Å². The zero-order chi connectivity index (χ0) is 20.0. The molecular formula is C22H16F2N2O3. The number of fused-ring (bicyclic) bond motifs is 2. The number of hydrogen-bond donors (Lipinski definition) is 0. The van der Waals surface area contributed by atoms with Crippen molar-refractivity contribution in [1.82, 2.24) is 9.88 Å². The molecule has 1 amide bonds. The number of rotatable bonds is 3. The van der Waals surface area contributed by atoms with Crippen LogP contribution in [0.1, 0.15) is 21.6 Å². The first kappa shape index (κ1) is 17.6. The molecule has 2 aliphatic rings. The van der Waals surface area contributed by atoms with Crippen molar-refractivity contribution in [2.24, 2.45) is 0 Å². The molecule has 0 aliphatic carbocycles. The minimum Gasteiger partial charge on any atom is -0.486 e. The molecule has 0 bridgehead atoms. The number of nitrogens with zero attached hydrogens (tertiary/aromatic N) is 2. The fourth-order valence-corrected chi connectivity index (χ4v) is 3.64. The van der Waals surface area contributed by atoms with E-state index in [4.69, 9.17) is 9.47 Å². The van der Waals surface area contributed by atoms with Crippen LogP contribution in [0.2, 0.25) is 0 Å². The van der Waals surface area contributed by atoms with Crippen molar-refractivity contribution in [2.45, 2.75) is 13.1 Å². The minimum atomic E-state index is -0.702. The van der Waals surface area contributed by atoms with Crippen molar-refractivity contribution in [3.05, 3.63) is 77.1 Å². The van der Waals surface area contributed by atoms with Crippen molar-refractivity contribution >= 4 is 5.91 Å². The lowest BCUT2D eigenvalue weighted by Crippen LogP contribution is -2.24.